The summed E-state index contributed by atoms with van der Waals surface area (Å²) in [5.41, 5.74) is 0. The lowest BCUT2D eigenvalue weighted by Gasteiger charge is -2.10. The van der Waals surface area contributed by atoms with Crippen LogP contribution in [0.2, 0.25) is 0 Å². The van der Waals surface area contributed by atoms with Crippen molar-refractivity contribution in [2.75, 3.05) is 6.54 Å². The van der Waals surface area contributed by atoms with Gasteiger partial charge in [0.25, 0.3) is 0 Å². The molecular formula is C14H26N2O2S2. The molecule has 1 aromatic heterocycles. The van der Waals surface area contributed by atoms with Gasteiger partial charge >= 0.3 is 0 Å². The molecule has 0 bridgehead atoms. The average molecular weight is 319 g/mol. The molecule has 0 saturated carbocycles. The molecular weight excluding hydrogens is 292 g/mol. The van der Waals surface area contributed by atoms with Crippen LogP contribution in [0.4, 0.5) is 0 Å². The Morgan fingerprint density at radius 1 is 1.25 bits per heavy atom. The summed E-state index contributed by atoms with van der Waals surface area (Å²) in [6.07, 6.45) is 4.28. The first-order chi connectivity index (χ1) is 9.47. The van der Waals surface area contributed by atoms with E-state index in [4.69, 9.17) is 0 Å². The van der Waals surface area contributed by atoms with Crippen molar-refractivity contribution >= 4 is 21.4 Å². The molecule has 1 rings (SSSR count). The van der Waals surface area contributed by atoms with Crippen LogP contribution in [0.5, 0.6) is 0 Å². The normalized spacial score (nSPS) is 12.2. The Morgan fingerprint density at radius 2 is 2.00 bits per heavy atom. The van der Waals surface area contributed by atoms with Crippen molar-refractivity contribution in [1.82, 2.24) is 10.0 Å². The van der Waals surface area contributed by atoms with Gasteiger partial charge in [0, 0.05) is 24.0 Å². The maximum absolute atomic E-state index is 12.3. The van der Waals surface area contributed by atoms with Crippen LogP contribution >= 0.6 is 11.3 Å². The first-order valence-electron chi connectivity index (χ1n) is 7.26. The molecule has 0 radical (unpaired) electrons. The highest BCUT2D eigenvalue weighted by Gasteiger charge is 2.19. The Balaban J connectivity index is 2.56. The maximum Gasteiger partial charge on any atom is 0.241 e. The molecule has 0 atom stereocenters. The van der Waals surface area contributed by atoms with E-state index in [1.807, 2.05) is 19.2 Å². The molecule has 0 saturated heterocycles. The topological polar surface area (TPSA) is 58.2 Å². The van der Waals surface area contributed by atoms with Gasteiger partial charge in [0.1, 0.15) is 0 Å². The van der Waals surface area contributed by atoms with Crippen LogP contribution in [0.1, 0.15) is 51.3 Å². The monoisotopic (exact) mass is 318 g/mol. The molecule has 1 aromatic rings. The van der Waals surface area contributed by atoms with E-state index in [0.29, 0.717) is 24.0 Å². The lowest BCUT2D eigenvalue weighted by molar-refractivity contribution is 0.566. The van der Waals surface area contributed by atoms with Crippen LogP contribution < -0.4 is 10.0 Å². The lowest BCUT2D eigenvalue weighted by Crippen LogP contribution is -2.27. The van der Waals surface area contributed by atoms with Gasteiger partial charge in [-0.25, -0.2) is 13.1 Å². The average Bonchev–Trinajstić information content (AvgIpc) is 2.85. The second-order valence-electron chi connectivity index (χ2n) is 5.20. The Hall–Kier alpha value is -0.430. The van der Waals surface area contributed by atoms with E-state index in [2.05, 4.69) is 17.0 Å². The molecule has 20 heavy (non-hydrogen) atoms. The molecule has 0 amide bonds. The third kappa shape index (κ3) is 5.91. The van der Waals surface area contributed by atoms with Gasteiger partial charge in [0.15, 0.2) is 0 Å². The zero-order chi connectivity index (χ0) is 15.0. The first kappa shape index (κ1) is 17.6. The zero-order valence-electron chi connectivity index (χ0n) is 12.6. The van der Waals surface area contributed by atoms with Crippen LogP contribution in [0.3, 0.4) is 0 Å². The second-order valence-corrected chi connectivity index (χ2v) is 7.94. The van der Waals surface area contributed by atoms with Gasteiger partial charge in [-0.1, -0.05) is 40.0 Å². The Kier molecular flexibility index (Phi) is 7.72. The number of unbranched alkanes of at least 4 members (excludes halogenated alkanes) is 3. The van der Waals surface area contributed by atoms with Crippen molar-refractivity contribution in [1.29, 1.82) is 0 Å². The number of nitrogens with one attached hydrogen (secondary N) is 2. The Bertz CT molecular complexity index is 481. The standard InChI is InChI=1S/C14H26N2O2S2/c1-4-5-6-7-9-16-20(17,18)14-8-10-19-13(14)11-15-12(2)3/h8,10,12,15-16H,4-7,9,11H2,1-3H3. The Morgan fingerprint density at radius 3 is 2.65 bits per heavy atom. The summed E-state index contributed by atoms with van der Waals surface area (Å²) >= 11 is 1.48. The third-order valence-electron chi connectivity index (χ3n) is 2.99. The SMILES string of the molecule is CCCCCCNS(=O)(=O)c1ccsc1CNC(C)C. The van der Waals surface area contributed by atoms with Crippen molar-refractivity contribution in [3.05, 3.63) is 16.3 Å². The molecule has 2 N–H and O–H groups in total. The van der Waals surface area contributed by atoms with E-state index < -0.39 is 10.0 Å². The molecule has 0 spiro atoms. The zero-order valence-corrected chi connectivity index (χ0v) is 14.2. The summed E-state index contributed by atoms with van der Waals surface area (Å²) in [5, 5.41) is 5.10. The summed E-state index contributed by atoms with van der Waals surface area (Å²) in [7, 11) is -3.36. The van der Waals surface area contributed by atoms with Gasteiger partial charge < -0.3 is 5.32 Å². The van der Waals surface area contributed by atoms with E-state index in [-0.39, 0.29) is 0 Å². The smallest absolute Gasteiger partial charge is 0.241 e. The molecule has 0 aromatic carbocycles. The third-order valence-corrected chi connectivity index (χ3v) is 5.58. The molecule has 0 fully saturated rings. The maximum atomic E-state index is 12.3. The van der Waals surface area contributed by atoms with Crippen molar-refractivity contribution < 1.29 is 8.42 Å². The minimum absolute atomic E-state index is 0.342. The minimum Gasteiger partial charge on any atom is -0.310 e. The van der Waals surface area contributed by atoms with Gasteiger partial charge in [-0.05, 0) is 17.9 Å². The summed E-state index contributed by atoms with van der Waals surface area (Å²) in [6.45, 7) is 7.36. The van der Waals surface area contributed by atoms with Gasteiger partial charge in [-0.3, -0.25) is 0 Å². The number of thiophene rings is 1. The minimum atomic E-state index is -3.36. The lowest BCUT2D eigenvalue weighted by atomic mass is 10.2. The molecule has 0 aliphatic rings. The second kappa shape index (κ2) is 8.77. The molecule has 0 aliphatic carbocycles. The van der Waals surface area contributed by atoms with Crippen LogP contribution in [-0.2, 0) is 16.6 Å². The van der Waals surface area contributed by atoms with E-state index in [1.165, 1.54) is 11.3 Å². The fourth-order valence-corrected chi connectivity index (χ4v) is 4.30. The summed E-state index contributed by atoms with van der Waals surface area (Å²) in [4.78, 5) is 1.30. The molecule has 0 unspecified atom stereocenters. The predicted octanol–water partition coefficient (Wildman–Crippen LogP) is 3.10. The largest absolute Gasteiger partial charge is 0.310 e. The van der Waals surface area contributed by atoms with Crippen molar-refractivity contribution in [3.63, 3.8) is 0 Å². The number of hydrogen-bond donors (Lipinski definition) is 2. The fraction of sp³-hybridized carbons (Fsp3) is 0.714. The van der Waals surface area contributed by atoms with E-state index in [0.717, 1.165) is 30.6 Å². The van der Waals surface area contributed by atoms with Crippen LogP contribution in [0, 0.1) is 0 Å². The Labute approximate surface area is 127 Å². The van der Waals surface area contributed by atoms with Crippen molar-refractivity contribution in [2.45, 2.75) is 63.9 Å². The number of hydrogen-bond acceptors (Lipinski definition) is 4. The van der Waals surface area contributed by atoms with Crippen molar-refractivity contribution in [3.8, 4) is 0 Å². The van der Waals surface area contributed by atoms with Gasteiger partial charge in [0.2, 0.25) is 10.0 Å². The molecule has 4 nitrogen and oxygen atoms in total. The van der Waals surface area contributed by atoms with Crippen LogP contribution in [0.15, 0.2) is 16.3 Å². The highest BCUT2D eigenvalue weighted by atomic mass is 32.2. The number of rotatable bonds is 10. The summed E-state index contributed by atoms with van der Waals surface area (Å²) < 4.78 is 27.2. The van der Waals surface area contributed by atoms with Gasteiger partial charge in [0.05, 0.1) is 4.90 Å². The fourth-order valence-electron chi connectivity index (χ4n) is 1.83. The summed E-state index contributed by atoms with van der Waals surface area (Å²) in [6, 6.07) is 2.03. The predicted molar refractivity (Wildman–Crippen MR) is 85.6 cm³/mol. The van der Waals surface area contributed by atoms with Crippen LogP contribution in [-0.4, -0.2) is 21.0 Å². The number of sulfonamides is 1. The highest BCUT2D eigenvalue weighted by Crippen LogP contribution is 2.21. The molecule has 6 heteroatoms. The van der Waals surface area contributed by atoms with E-state index in [1.54, 1.807) is 6.07 Å². The van der Waals surface area contributed by atoms with Crippen LogP contribution in [0.25, 0.3) is 0 Å². The van der Waals surface area contributed by atoms with Gasteiger partial charge in [-0.2, -0.15) is 0 Å². The molecule has 0 aliphatic heterocycles. The van der Waals surface area contributed by atoms with Crippen molar-refractivity contribution in [2.24, 2.45) is 0 Å². The molecule has 1 heterocycles. The van der Waals surface area contributed by atoms with E-state index in [9.17, 15) is 8.42 Å². The first-order valence-corrected chi connectivity index (χ1v) is 9.63. The highest BCUT2D eigenvalue weighted by molar-refractivity contribution is 7.89. The quantitative estimate of drug-likeness (QED) is 0.652. The summed E-state index contributed by atoms with van der Waals surface area (Å²) in [5.74, 6) is 0. The van der Waals surface area contributed by atoms with E-state index >= 15 is 0 Å². The van der Waals surface area contributed by atoms with Gasteiger partial charge in [-0.15, -0.1) is 11.3 Å². The molecule has 116 valence electrons.